The van der Waals surface area contributed by atoms with Gasteiger partial charge in [-0.05, 0) is 100 Å². The zero-order valence-corrected chi connectivity index (χ0v) is 35.5. The van der Waals surface area contributed by atoms with Crippen molar-refractivity contribution in [2.45, 2.75) is 0 Å². The molecule has 6 aromatic carbocycles. The predicted molar refractivity (Wildman–Crippen MR) is 237 cm³/mol. The molecule has 0 unspecified atom stereocenters. The monoisotopic (exact) mass is 858 g/mol. The van der Waals surface area contributed by atoms with Crippen LogP contribution in [0.2, 0.25) is 0 Å². The van der Waals surface area contributed by atoms with Crippen LogP contribution in [-0.4, -0.2) is 96.2 Å². The van der Waals surface area contributed by atoms with E-state index in [9.17, 15) is 10.0 Å². The molecule has 0 aliphatic rings. The Morgan fingerprint density at radius 3 is 0.967 bits per heavy atom. The second kappa shape index (κ2) is 28.6. The number of hydrogen-bond donors (Lipinski definition) is 4. The van der Waals surface area contributed by atoms with E-state index in [1.54, 1.807) is 64.8 Å². The summed E-state index contributed by atoms with van der Waals surface area (Å²) in [7, 11) is 6.17. The first-order chi connectivity index (χ1) is 29.6. The van der Waals surface area contributed by atoms with Gasteiger partial charge in [0.25, 0.3) is 0 Å². The Hall–Kier alpha value is -5.81. The number of halogens is 1. The van der Waals surface area contributed by atoms with E-state index in [0.29, 0.717) is 17.6 Å². The number of alkyl halides is 1. The lowest BCUT2D eigenvalue weighted by molar-refractivity contribution is 0.0509. The second-order valence-corrected chi connectivity index (χ2v) is 12.6. The van der Waals surface area contributed by atoms with Gasteiger partial charge in [-0.2, -0.15) is 0 Å². The highest BCUT2D eigenvalue weighted by Gasteiger charge is 2.18. The molecule has 0 radical (unpaired) electrons. The van der Waals surface area contributed by atoms with Crippen molar-refractivity contribution >= 4 is 24.2 Å². The van der Waals surface area contributed by atoms with Gasteiger partial charge in [0.05, 0.1) is 0 Å². The van der Waals surface area contributed by atoms with Gasteiger partial charge in [-0.3, -0.25) is 0 Å². The van der Waals surface area contributed by atoms with E-state index >= 15 is 0 Å². The summed E-state index contributed by atoms with van der Waals surface area (Å²) in [6, 6.07) is 42.5. The van der Waals surface area contributed by atoms with Crippen LogP contribution in [0.5, 0.6) is 34.5 Å². The zero-order valence-electron chi connectivity index (χ0n) is 34.7. The van der Waals surface area contributed by atoms with Crippen LogP contribution in [0.15, 0.2) is 140 Å². The summed E-state index contributed by atoms with van der Waals surface area (Å²) in [5.41, 5.74) is 6.29. The van der Waals surface area contributed by atoms with Gasteiger partial charge in [0.2, 0.25) is 0 Å². The smallest absolute Gasteiger partial charge is 0.492 e. The standard InChI is InChI=1S/C16H19BO6.C16H18O4.C12H10O2.C2H5ClO/c1-20-10-22-14-6-3-12(4-7-14)13-5-8-16(23-11-21-2)15(9-13)17(18)19;1-17-11-19-15-7-3-13(4-8-15)14-5-9-16(10-6-14)20-12-18-2;13-11-5-1-9(2-6-11)10-3-7-12(14)8-4-10;1-4-2-3/h3-9,18-19H,10-11H2,1-2H3;3-10H,11-12H2,1-2H3;1-8,13-14H;2H2,1H3. The van der Waals surface area contributed by atoms with Crippen molar-refractivity contribution in [1.29, 1.82) is 0 Å². The molecule has 6 aromatic rings. The first-order valence-corrected chi connectivity index (χ1v) is 19.1. The van der Waals surface area contributed by atoms with Gasteiger partial charge in [0.1, 0.15) is 40.6 Å². The summed E-state index contributed by atoms with van der Waals surface area (Å²) in [6.45, 7) is 0.728. The summed E-state index contributed by atoms with van der Waals surface area (Å²) >= 11 is 4.96. The minimum Gasteiger partial charge on any atom is -0.508 e. The Morgan fingerprint density at radius 1 is 0.393 bits per heavy atom. The first-order valence-electron chi connectivity index (χ1n) is 18.6. The molecule has 6 rings (SSSR count). The van der Waals surface area contributed by atoms with Gasteiger partial charge in [-0.25, -0.2) is 0 Å². The molecule has 15 heteroatoms. The number of ether oxygens (including phenoxy) is 9. The van der Waals surface area contributed by atoms with Crippen LogP contribution in [0, 0.1) is 0 Å². The van der Waals surface area contributed by atoms with E-state index in [1.807, 2.05) is 103 Å². The lowest BCUT2D eigenvalue weighted by Crippen LogP contribution is -2.31. The Bertz CT molecular complexity index is 1960. The van der Waals surface area contributed by atoms with Crippen LogP contribution in [0.4, 0.5) is 0 Å². The third-order valence-electron chi connectivity index (χ3n) is 8.06. The lowest BCUT2D eigenvalue weighted by Gasteiger charge is -2.12. The molecule has 0 spiro atoms. The number of methoxy groups -OCH3 is 5. The maximum absolute atomic E-state index is 9.52. The molecular formula is C46H52BClO13. The summed E-state index contributed by atoms with van der Waals surface area (Å²) in [5.74, 6) is 3.15. The molecule has 0 heterocycles. The minimum atomic E-state index is -1.63. The van der Waals surface area contributed by atoms with Crippen LogP contribution in [0.1, 0.15) is 0 Å². The number of hydrogen-bond acceptors (Lipinski definition) is 13. The Labute approximate surface area is 362 Å². The fourth-order valence-electron chi connectivity index (χ4n) is 5.10. The van der Waals surface area contributed by atoms with Gasteiger partial charge in [0.15, 0.2) is 27.2 Å². The molecule has 0 bridgehead atoms. The zero-order chi connectivity index (χ0) is 44.2. The molecule has 13 nitrogen and oxygen atoms in total. The molecule has 0 aromatic heterocycles. The van der Waals surface area contributed by atoms with Crippen LogP contribution >= 0.6 is 11.6 Å². The van der Waals surface area contributed by atoms with Crippen molar-refractivity contribution in [3.63, 3.8) is 0 Å². The lowest BCUT2D eigenvalue weighted by atomic mass is 9.78. The molecule has 0 fully saturated rings. The molecule has 0 amide bonds. The van der Waals surface area contributed by atoms with E-state index in [2.05, 4.69) is 4.74 Å². The van der Waals surface area contributed by atoms with Crippen molar-refractivity contribution in [2.24, 2.45) is 0 Å². The third kappa shape index (κ3) is 18.1. The van der Waals surface area contributed by atoms with E-state index in [4.69, 9.17) is 59.7 Å². The maximum atomic E-state index is 9.52. The third-order valence-corrected chi connectivity index (χ3v) is 8.28. The Morgan fingerprint density at radius 2 is 0.672 bits per heavy atom. The average Bonchev–Trinajstić information content (AvgIpc) is 3.30. The fraction of sp³-hybridized carbons (Fsp3) is 0.217. The first kappa shape index (κ1) is 49.6. The van der Waals surface area contributed by atoms with Crippen molar-refractivity contribution in [1.82, 2.24) is 0 Å². The topological polar surface area (TPSA) is 164 Å². The highest BCUT2D eigenvalue weighted by Crippen LogP contribution is 2.27. The summed E-state index contributed by atoms with van der Waals surface area (Å²) < 4.78 is 45.1. The normalized spacial score (nSPS) is 10.1. The maximum Gasteiger partial charge on any atom is 0.492 e. The predicted octanol–water partition coefficient (Wildman–Crippen LogP) is 7.91. The highest BCUT2D eigenvalue weighted by molar-refractivity contribution is 6.59. The minimum absolute atomic E-state index is 0.0323. The SMILES string of the molecule is COCCl.COCOc1ccc(-c2ccc(OCOC)c(B(O)O)c2)cc1.COCOc1ccc(-c2ccc(OCOC)cc2)cc1.Oc1ccc(-c2ccc(O)cc2)cc1. The number of rotatable bonds is 17. The molecule has 0 saturated heterocycles. The van der Waals surface area contributed by atoms with Crippen LogP contribution in [0.25, 0.3) is 33.4 Å². The van der Waals surface area contributed by atoms with Crippen molar-refractivity contribution in [3.05, 3.63) is 140 Å². The van der Waals surface area contributed by atoms with Crippen LogP contribution in [-0.2, 0) is 23.7 Å². The van der Waals surface area contributed by atoms with E-state index in [0.717, 1.165) is 44.9 Å². The second-order valence-electron chi connectivity index (χ2n) is 12.4. The van der Waals surface area contributed by atoms with Crippen LogP contribution < -0.4 is 24.4 Å². The highest BCUT2D eigenvalue weighted by atomic mass is 35.5. The molecular weight excluding hydrogens is 807 g/mol. The van der Waals surface area contributed by atoms with E-state index in [-0.39, 0.29) is 44.1 Å². The molecule has 61 heavy (non-hydrogen) atoms. The van der Waals surface area contributed by atoms with E-state index < -0.39 is 7.12 Å². The summed E-state index contributed by atoms with van der Waals surface area (Å²) in [4.78, 5) is 0. The molecule has 0 aliphatic heterocycles. The van der Waals surface area contributed by atoms with Gasteiger partial charge in [0, 0.05) is 41.0 Å². The van der Waals surface area contributed by atoms with Crippen molar-refractivity contribution in [2.75, 3.05) is 68.8 Å². The largest absolute Gasteiger partial charge is 0.508 e. The van der Waals surface area contributed by atoms with Gasteiger partial charge >= 0.3 is 7.12 Å². The molecule has 4 N–H and O–H groups in total. The average molecular weight is 859 g/mol. The fourth-order valence-corrected chi connectivity index (χ4v) is 5.10. The number of benzene rings is 6. The molecule has 0 atom stereocenters. The molecule has 0 saturated carbocycles. The summed E-state index contributed by atoms with van der Waals surface area (Å²) in [5, 5.41) is 37.2. The number of aromatic hydroxyl groups is 2. The van der Waals surface area contributed by atoms with Crippen molar-refractivity contribution < 1.29 is 62.9 Å². The Balaban J connectivity index is 0.000000239. The molecule has 324 valence electrons. The van der Waals surface area contributed by atoms with Gasteiger partial charge in [-0.15, -0.1) is 0 Å². The van der Waals surface area contributed by atoms with Crippen molar-refractivity contribution in [3.8, 4) is 67.9 Å². The molecule has 0 aliphatic carbocycles. The number of phenols is 2. The number of phenolic OH excluding ortho intramolecular Hbond substituents is 2. The van der Waals surface area contributed by atoms with Crippen LogP contribution in [0.3, 0.4) is 0 Å². The van der Waals surface area contributed by atoms with Gasteiger partial charge < -0.3 is 62.9 Å². The quantitative estimate of drug-likeness (QED) is 0.0398. The Kier molecular flexibility index (Phi) is 23.3. The van der Waals surface area contributed by atoms with E-state index in [1.165, 1.54) is 7.11 Å². The van der Waals surface area contributed by atoms with Gasteiger partial charge in [-0.1, -0.05) is 84.4 Å². The summed E-state index contributed by atoms with van der Waals surface area (Å²) in [6.07, 6.45) is 0.